The molecule has 0 bridgehead atoms. The first-order valence-electron chi connectivity index (χ1n) is 8.46. The highest BCUT2D eigenvalue weighted by Gasteiger charge is 2.19. The van der Waals surface area contributed by atoms with Crippen molar-refractivity contribution in [1.82, 2.24) is 5.32 Å². The Morgan fingerprint density at radius 3 is 2.54 bits per heavy atom. The molecule has 28 heavy (non-hydrogen) atoms. The molecule has 0 saturated carbocycles. The fourth-order valence-corrected chi connectivity index (χ4v) is 3.82. The number of furan rings is 1. The van der Waals surface area contributed by atoms with E-state index in [9.17, 15) is 13.2 Å². The number of anilines is 1. The van der Waals surface area contributed by atoms with Gasteiger partial charge in [0.1, 0.15) is 5.76 Å². The summed E-state index contributed by atoms with van der Waals surface area (Å²) in [6.07, 6.45) is 1.50. The van der Waals surface area contributed by atoms with Gasteiger partial charge in [0, 0.05) is 5.69 Å². The molecule has 0 spiro atoms. The lowest BCUT2D eigenvalue weighted by Gasteiger charge is -2.12. The molecule has 1 heterocycles. The van der Waals surface area contributed by atoms with Gasteiger partial charge in [-0.05, 0) is 67.4 Å². The van der Waals surface area contributed by atoms with E-state index >= 15 is 0 Å². The predicted octanol–water partition coefficient (Wildman–Crippen LogP) is 4.28. The Kier molecular flexibility index (Phi) is 5.76. The van der Waals surface area contributed by atoms with E-state index in [2.05, 4.69) is 10.0 Å². The van der Waals surface area contributed by atoms with Gasteiger partial charge in [0.25, 0.3) is 15.9 Å². The van der Waals surface area contributed by atoms with Crippen molar-refractivity contribution in [2.45, 2.75) is 25.3 Å². The van der Waals surface area contributed by atoms with E-state index in [1.807, 2.05) is 19.9 Å². The van der Waals surface area contributed by atoms with Gasteiger partial charge >= 0.3 is 0 Å². The summed E-state index contributed by atoms with van der Waals surface area (Å²) in [4.78, 5) is 12.4. The van der Waals surface area contributed by atoms with E-state index in [4.69, 9.17) is 16.0 Å². The largest absolute Gasteiger partial charge is 0.467 e. The van der Waals surface area contributed by atoms with Gasteiger partial charge in [-0.2, -0.15) is 0 Å². The molecule has 1 aromatic heterocycles. The Bertz CT molecular complexity index is 1110. The number of carbonyl (C=O) groups excluding carboxylic acids is 1. The van der Waals surface area contributed by atoms with Crippen LogP contribution >= 0.6 is 11.6 Å². The molecule has 0 unspecified atom stereocenters. The van der Waals surface area contributed by atoms with Crippen molar-refractivity contribution >= 4 is 33.2 Å². The Balaban J connectivity index is 1.82. The molecule has 0 radical (unpaired) electrons. The SMILES string of the molecule is Cc1ccc(NS(=O)(=O)c2ccc(Cl)c(C(=O)NCc3ccco3)c2)cc1C. The van der Waals surface area contributed by atoms with Crippen molar-refractivity contribution in [3.05, 3.63) is 82.3 Å². The summed E-state index contributed by atoms with van der Waals surface area (Å²) in [7, 11) is -3.88. The van der Waals surface area contributed by atoms with Crippen LogP contribution in [0.15, 0.2) is 64.1 Å². The lowest BCUT2D eigenvalue weighted by molar-refractivity contribution is 0.0948. The molecular weight excluding hydrogens is 400 g/mol. The van der Waals surface area contributed by atoms with Crippen LogP contribution in [0.2, 0.25) is 5.02 Å². The molecule has 0 saturated heterocycles. The van der Waals surface area contributed by atoms with Crippen molar-refractivity contribution < 1.29 is 17.6 Å². The summed E-state index contributed by atoms with van der Waals surface area (Å²) < 4.78 is 33.1. The second-order valence-corrected chi connectivity index (χ2v) is 8.40. The zero-order valence-corrected chi connectivity index (χ0v) is 16.9. The Hall–Kier alpha value is -2.77. The summed E-state index contributed by atoms with van der Waals surface area (Å²) in [6.45, 7) is 4.01. The van der Waals surface area contributed by atoms with Gasteiger partial charge < -0.3 is 9.73 Å². The second-order valence-electron chi connectivity index (χ2n) is 6.31. The van der Waals surface area contributed by atoms with Crippen LogP contribution in [0, 0.1) is 13.8 Å². The molecule has 0 aliphatic heterocycles. The van der Waals surface area contributed by atoms with Crippen molar-refractivity contribution in [3.63, 3.8) is 0 Å². The van der Waals surface area contributed by atoms with Gasteiger partial charge in [-0.15, -0.1) is 0 Å². The van der Waals surface area contributed by atoms with Crippen LogP contribution in [0.3, 0.4) is 0 Å². The summed E-state index contributed by atoms with van der Waals surface area (Å²) in [5.74, 6) is 0.0780. The second kappa shape index (κ2) is 8.08. The zero-order valence-electron chi connectivity index (χ0n) is 15.3. The van der Waals surface area contributed by atoms with E-state index in [0.29, 0.717) is 11.4 Å². The maximum absolute atomic E-state index is 12.7. The molecular formula is C20H19ClN2O4S. The van der Waals surface area contributed by atoms with Crippen molar-refractivity contribution in [2.24, 2.45) is 0 Å². The van der Waals surface area contributed by atoms with Gasteiger partial charge in [-0.25, -0.2) is 8.42 Å². The van der Waals surface area contributed by atoms with Crippen LogP contribution < -0.4 is 10.0 Å². The summed E-state index contributed by atoms with van der Waals surface area (Å²) in [5.41, 5.74) is 2.54. The molecule has 8 heteroatoms. The smallest absolute Gasteiger partial charge is 0.261 e. The highest BCUT2D eigenvalue weighted by Crippen LogP contribution is 2.23. The van der Waals surface area contributed by atoms with E-state index in [0.717, 1.165) is 11.1 Å². The number of halogens is 1. The fraction of sp³-hybridized carbons (Fsp3) is 0.150. The van der Waals surface area contributed by atoms with Gasteiger partial charge in [-0.1, -0.05) is 17.7 Å². The van der Waals surface area contributed by atoms with Crippen LogP contribution in [-0.2, 0) is 16.6 Å². The quantitative estimate of drug-likeness (QED) is 0.625. The number of hydrogen-bond acceptors (Lipinski definition) is 4. The van der Waals surface area contributed by atoms with E-state index in [-0.39, 0.29) is 22.0 Å². The summed E-state index contributed by atoms with van der Waals surface area (Å²) in [6, 6.07) is 12.7. The van der Waals surface area contributed by atoms with Crippen molar-refractivity contribution in [1.29, 1.82) is 0 Å². The highest BCUT2D eigenvalue weighted by atomic mass is 35.5. The van der Waals surface area contributed by atoms with Crippen LogP contribution in [-0.4, -0.2) is 14.3 Å². The first-order valence-corrected chi connectivity index (χ1v) is 10.3. The standard InChI is InChI=1S/C20H19ClN2O4S/c1-13-5-6-15(10-14(13)2)23-28(25,26)17-7-8-19(21)18(11-17)20(24)22-12-16-4-3-9-27-16/h3-11,23H,12H2,1-2H3,(H,22,24). The molecule has 3 rings (SSSR count). The van der Waals surface area contributed by atoms with Gasteiger partial charge in [0.2, 0.25) is 0 Å². The van der Waals surface area contributed by atoms with Crippen LogP contribution in [0.5, 0.6) is 0 Å². The maximum atomic E-state index is 12.7. The average molecular weight is 419 g/mol. The number of rotatable bonds is 6. The third-order valence-corrected chi connectivity index (χ3v) is 5.96. The minimum absolute atomic E-state index is 0.0572. The summed E-state index contributed by atoms with van der Waals surface area (Å²) >= 11 is 6.10. The van der Waals surface area contributed by atoms with E-state index in [1.165, 1.54) is 24.5 Å². The number of hydrogen-bond donors (Lipinski definition) is 2. The molecule has 2 aromatic carbocycles. The Morgan fingerprint density at radius 2 is 1.86 bits per heavy atom. The Labute approximate surface area is 168 Å². The molecule has 3 aromatic rings. The third kappa shape index (κ3) is 4.55. The topological polar surface area (TPSA) is 88.4 Å². The normalized spacial score (nSPS) is 11.2. The third-order valence-electron chi connectivity index (χ3n) is 4.26. The first kappa shape index (κ1) is 20.0. The van der Waals surface area contributed by atoms with Gasteiger partial charge in [0.15, 0.2) is 0 Å². The minimum Gasteiger partial charge on any atom is -0.467 e. The lowest BCUT2D eigenvalue weighted by Crippen LogP contribution is -2.23. The fourth-order valence-electron chi connectivity index (χ4n) is 2.54. The van der Waals surface area contributed by atoms with Crippen LogP contribution in [0.4, 0.5) is 5.69 Å². The lowest BCUT2D eigenvalue weighted by atomic mass is 10.1. The number of nitrogens with one attached hydrogen (secondary N) is 2. The van der Waals surface area contributed by atoms with Crippen LogP contribution in [0.1, 0.15) is 27.2 Å². The van der Waals surface area contributed by atoms with E-state index < -0.39 is 15.9 Å². The minimum atomic E-state index is -3.88. The number of carbonyl (C=O) groups is 1. The Morgan fingerprint density at radius 1 is 1.07 bits per heavy atom. The predicted molar refractivity (Wildman–Crippen MR) is 108 cm³/mol. The first-order chi connectivity index (χ1) is 13.3. The van der Waals surface area contributed by atoms with Crippen molar-refractivity contribution in [2.75, 3.05) is 4.72 Å². The molecule has 1 amide bonds. The molecule has 6 nitrogen and oxygen atoms in total. The van der Waals surface area contributed by atoms with Gasteiger partial charge in [-0.3, -0.25) is 9.52 Å². The molecule has 0 fully saturated rings. The van der Waals surface area contributed by atoms with Crippen LogP contribution in [0.25, 0.3) is 0 Å². The summed E-state index contributed by atoms with van der Waals surface area (Å²) in [5, 5.41) is 2.81. The molecule has 0 aliphatic rings. The van der Waals surface area contributed by atoms with E-state index in [1.54, 1.807) is 24.3 Å². The zero-order chi connectivity index (χ0) is 20.3. The van der Waals surface area contributed by atoms with Crippen molar-refractivity contribution in [3.8, 4) is 0 Å². The number of sulfonamides is 1. The van der Waals surface area contributed by atoms with Gasteiger partial charge in [0.05, 0.1) is 28.3 Å². The molecule has 0 atom stereocenters. The highest BCUT2D eigenvalue weighted by molar-refractivity contribution is 7.92. The monoisotopic (exact) mass is 418 g/mol. The molecule has 2 N–H and O–H groups in total. The average Bonchev–Trinajstić information content (AvgIpc) is 3.16. The number of amides is 1. The molecule has 146 valence electrons. The number of aryl methyl sites for hydroxylation is 2. The number of benzene rings is 2. The molecule has 0 aliphatic carbocycles. The maximum Gasteiger partial charge on any atom is 0.261 e.